The highest BCUT2D eigenvalue weighted by Gasteiger charge is 2.34. The van der Waals surface area contributed by atoms with Crippen LogP contribution in [-0.4, -0.2) is 48.7 Å². The van der Waals surface area contributed by atoms with Crippen LogP contribution in [0.2, 0.25) is 0 Å². The summed E-state index contributed by atoms with van der Waals surface area (Å²) >= 11 is 0. The summed E-state index contributed by atoms with van der Waals surface area (Å²) in [6, 6.07) is 0.436. The number of nitrogens with one attached hydrogen (secondary N) is 2. The summed E-state index contributed by atoms with van der Waals surface area (Å²) < 4.78 is 1.95. The van der Waals surface area contributed by atoms with E-state index in [1.165, 1.54) is 0 Å². The molecule has 3 heterocycles. The van der Waals surface area contributed by atoms with Crippen molar-refractivity contribution in [1.29, 1.82) is 0 Å². The first-order valence-electron chi connectivity index (χ1n) is 8.74. The normalized spacial score (nSPS) is 21.7. The van der Waals surface area contributed by atoms with Crippen molar-refractivity contribution in [1.82, 2.24) is 20.2 Å². The van der Waals surface area contributed by atoms with Gasteiger partial charge in [-0.3, -0.25) is 9.36 Å². The minimum Gasteiger partial charge on any atom is -0.341 e. The summed E-state index contributed by atoms with van der Waals surface area (Å²) in [5.74, 6) is 8.15. The number of allylic oxidation sites excluding steroid dienone is 1. The van der Waals surface area contributed by atoms with Crippen molar-refractivity contribution in [2.45, 2.75) is 39.3 Å². The number of hydrogen-bond acceptors (Lipinski definition) is 5. The smallest absolute Gasteiger partial charge is 0.277 e. The van der Waals surface area contributed by atoms with Crippen LogP contribution in [0.15, 0.2) is 11.9 Å². The SMILES string of the molecule is CC#CCn1c(N2CCCC(NC)C2)nc2c1C(=O)NC(=CC)N2C. The Bertz CT molecular complexity index is 754. The average molecular weight is 342 g/mol. The molecule has 1 fully saturated rings. The number of aromatic nitrogens is 2. The Morgan fingerprint density at radius 3 is 2.96 bits per heavy atom. The summed E-state index contributed by atoms with van der Waals surface area (Å²) in [4.78, 5) is 21.7. The largest absolute Gasteiger partial charge is 0.341 e. The Labute approximate surface area is 149 Å². The van der Waals surface area contributed by atoms with Crippen molar-refractivity contribution in [3.05, 3.63) is 17.6 Å². The fraction of sp³-hybridized carbons (Fsp3) is 0.556. The van der Waals surface area contributed by atoms with Gasteiger partial charge >= 0.3 is 0 Å². The van der Waals surface area contributed by atoms with Gasteiger partial charge in [0.25, 0.3) is 5.91 Å². The van der Waals surface area contributed by atoms with Gasteiger partial charge in [-0.25, -0.2) is 0 Å². The van der Waals surface area contributed by atoms with Crippen LogP contribution in [0.4, 0.5) is 11.8 Å². The van der Waals surface area contributed by atoms with Gasteiger partial charge < -0.3 is 20.4 Å². The van der Waals surface area contributed by atoms with Crippen molar-refractivity contribution in [2.75, 3.05) is 37.0 Å². The Kier molecular flexibility index (Phi) is 5.00. The lowest BCUT2D eigenvalue weighted by Gasteiger charge is -2.33. The molecule has 0 saturated carbocycles. The highest BCUT2D eigenvalue weighted by Crippen LogP contribution is 2.32. The first-order valence-corrected chi connectivity index (χ1v) is 8.74. The number of piperidine rings is 1. The van der Waals surface area contributed by atoms with E-state index in [1.54, 1.807) is 0 Å². The molecule has 1 aromatic heterocycles. The fourth-order valence-electron chi connectivity index (χ4n) is 3.47. The van der Waals surface area contributed by atoms with Crippen molar-refractivity contribution in [2.24, 2.45) is 0 Å². The molecule has 0 bridgehead atoms. The number of fused-ring (bicyclic) bond motifs is 1. The van der Waals surface area contributed by atoms with E-state index in [0.29, 0.717) is 24.1 Å². The van der Waals surface area contributed by atoms with Crippen molar-refractivity contribution < 1.29 is 4.79 Å². The Morgan fingerprint density at radius 2 is 2.28 bits per heavy atom. The van der Waals surface area contributed by atoms with E-state index in [-0.39, 0.29) is 5.91 Å². The molecular formula is C18H26N6O. The maximum atomic E-state index is 12.7. The van der Waals surface area contributed by atoms with Gasteiger partial charge in [-0.05, 0) is 39.8 Å². The van der Waals surface area contributed by atoms with Crippen LogP contribution in [0.25, 0.3) is 0 Å². The third-order valence-electron chi connectivity index (χ3n) is 4.86. The third kappa shape index (κ3) is 3.10. The molecule has 25 heavy (non-hydrogen) atoms. The molecule has 7 heteroatoms. The molecular weight excluding hydrogens is 316 g/mol. The quantitative estimate of drug-likeness (QED) is 0.807. The number of nitrogens with zero attached hydrogens (tertiary/aromatic N) is 4. The summed E-state index contributed by atoms with van der Waals surface area (Å²) in [7, 11) is 3.92. The Hall–Kier alpha value is -2.46. The molecule has 1 saturated heterocycles. The van der Waals surface area contributed by atoms with Crippen LogP contribution in [0.1, 0.15) is 37.2 Å². The van der Waals surface area contributed by atoms with Gasteiger partial charge in [-0.1, -0.05) is 5.92 Å². The minimum atomic E-state index is -0.125. The van der Waals surface area contributed by atoms with Gasteiger partial charge in [-0.2, -0.15) is 4.98 Å². The first kappa shape index (κ1) is 17.4. The van der Waals surface area contributed by atoms with Crippen molar-refractivity contribution in [3.8, 4) is 11.8 Å². The highest BCUT2D eigenvalue weighted by atomic mass is 16.2. The molecule has 7 nitrogen and oxygen atoms in total. The average Bonchev–Trinajstić information content (AvgIpc) is 3.03. The van der Waals surface area contributed by atoms with E-state index < -0.39 is 0 Å². The van der Waals surface area contributed by atoms with E-state index in [4.69, 9.17) is 4.98 Å². The molecule has 2 aliphatic rings. The summed E-state index contributed by atoms with van der Waals surface area (Å²) in [5.41, 5.74) is 0.581. The predicted octanol–water partition coefficient (Wildman–Crippen LogP) is 1.14. The van der Waals surface area contributed by atoms with Crippen LogP contribution >= 0.6 is 0 Å². The third-order valence-corrected chi connectivity index (χ3v) is 4.86. The van der Waals surface area contributed by atoms with Crippen LogP contribution in [0.3, 0.4) is 0 Å². The van der Waals surface area contributed by atoms with Gasteiger partial charge in [0.2, 0.25) is 5.95 Å². The lowest BCUT2D eigenvalue weighted by Crippen LogP contribution is -2.45. The highest BCUT2D eigenvalue weighted by molar-refractivity contribution is 6.02. The van der Waals surface area contributed by atoms with Crippen LogP contribution < -0.4 is 20.4 Å². The zero-order valence-corrected chi connectivity index (χ0v) is 15.4. The molecule has 1 aromatic rings. The van der Waals surface area contributed by atoms with Gasteiger partial charge in [0.1, 0.15) is 5.82 Å². The van der Waals surface area contributed by atoms with Crippen LogP contribution in [-0.2, 0) is 6.54 Å². The molecule has 0 aliphatic carbocycles. The van der Waals surface area contributed by atoms with E-state index in [9.17, 15) is 4.79 Å². The zero-order chi connectivity index (χ0) is 18.0. The van der Waals surface area contributed by atoms with Gasteiger partial charge in [0, 0.05) is 26.2 Å². The van der Waals surface area contributed by atoms with Crippen molar-refractivity contribution in [3.63, 3.8) is 0 Å². The zero-order valence-electron chi connectivity index (χ0n) is 15.4. The van der Waals surface area contributed by atoms with Crippen LogP contribution in [0, 0.1) is 11.8 Å². The maximum Gasteiger partial charge on any atom is 0.277 e. The number of anilines is 2. The second-order valence-corrected chi connectivity index (χ2v) is 6.36. The summed E-state index contributed by atoms with van der Waals surface area (Å²) in [5, 5.41) is 6.29. The molecule has 2 N–H and O–H groups in total. The second kappa shape index (κ2) is 7.19. The molecule has 0 radical (unpaired) electrons. The second-order valence-electron chi connectivity index (χ2n) is 6.36. The maximum absolute atomic E-state index is 12.7. The van der Waals surface area contributed by atoms with E-state index in [2.05, 4.69) is 27.4 Å². The number of rotatable bonds is 3. The van der Waals surface area contributed by atoms with E-state index in [0.717, 1.165) is 37.7 Å². The van der Waals surface area contributed by atoms with Gasteiger partial charge in [-0.15, -0.1) is 5.92 Å². The van der Waals surface area contributed by atoms with Gasteiger partial charge in [0.05, 0.1) is 6.54 Å². The molecule has 1 amide bonds. The lowest BCUT2D eigenvalue weighted by molar-refractivity contribution is 0.0952. The summed E-state index contributed by atoms with van der Waals surface area (Å²) in [6.07, 6.45) is 4.14. The molecule has 1 atom stereocenters. The van der Waals surface area contributed by atoms with Crippen molar-refractivity contribution >= 4 is 17.7 Å². The predicted molar refractivity (Wildman–Crippen MR) is 99.6 cm³/mol. The molecule has 134 valence electrons. The number of imidazole rings is 1. The van der Waals surface area contributed by atoms with Gasteiger partial charge in [0.15, 0.2) is 11.5 Å². The first-order chi connectivity index (χ1) is 12.1. The van der Waals surface area contributed by atoms with E-state index in [1.807, 2.05) is 43.5 Å². The number of carbonyl (C=O) groups is 1. The van der Waals surface area contributed by atoms with E-state index >= 15 is 0 Å². The molecule has 3 rings (SSSR count). The minimum absolute atomic E-state index is 0.125. The summed E-state index contributed by atoms with van der Waals surface area (Å²) in [6.45, 7) is 6.00. The molecule has 1 unspecified atom stereocenters. The number of likely N-dealkylation sites (N-methyl/N-ethyl adjacent to an activating group) is 1. The standard InChI is InChI=1S/C18H26N6O/c1-5-7-11-24-15-16(22(4)14(6-2)20-17(15)25)21-18(24)23-10-8-9-13(12-23)19-3/h6,13,19H,8-12H2,1-4H3,(H,20,25). The molecule has 0 aromatic carbocycles. The molecule has 0 spiro atoms. The molecule has 2 aliphatic heterocycles. The lowest BCUT2D eigenvalue weighted by atomic mass is 10.1. The Balaban J connectivity index is 2.07. The number of hydrogen-bond donors (Lipinski definition) is 2. The number of amides is 1. The fourth-order valence-corrected chi connectivity index (χ4v) is 3.47. The topological polar surface area (TPSA) is 65.4 Å². The monoisotopic (exact) mass is 342 g/mol. The van der Waals surface area contributed by atoms with Crippen LogP contribution in [0.5, 0.6) is 0 Å². The number of carbonyl (C=O) groups excluding carboxylic acids is 1. The Morgan fingerprint density at radius 1 is 1.48 bits per heavy atom.